The van der Waals surface area contributed by atoms with Gasteiger partial charge in [-0.2, -0.15) is 0 Å². The van der Waals surface area contributed by atoms with E-state index < -0.39 is 0 Å². The number of fused-ring (bicyclic) bond motifs is 2. The number of carbonyl (C=O) groups is 1. The molecule has 6 nitrogen and oxygen atoms in total. The molecule has 0 aliphatic carbocycles. The number of rotatable bonds is 4. The SMILES string of the molecule is Cc1cccc(-c2ccc([C@H]3[C@H](CO)N4CCCCN(C(=O)c5ccc6c(c5)OCO6)C[C@@H]34)cc2)c1. The average Bonchev–Trinajstić information content (AvgIpc) is 3.36. The number of nitrogens with zero attached hydrogens (tertiary/aromatic N) is 2. The lowest BCUT2D eigenvalue weighted by Crippen LogP contribution is -2.67. The number of carbonyl (C=O) groups excluding carboxylic acids is 1. The number of aryl methyl sites for hydroxylation is 1. The lowest BCUT2D eigenvalue weighted by Gasteiger charge is -2.57. The van der Waals surface area contributed by atoms with Crippen LogP contribution in [0, 0.1) is 6.92 Å². The van der Waals surface area contributed by atoms with Crippen molar-refractivity contribution >= 4 is 5.91 Å². The summed E-state index contributed by atoms with van der Waals surface area (Å²) in [6.07, 6.45) is 1.96. The molecule has 3 atom stereocenters. The minimum absolute atomic E-state index is 0.0242. The first-order valence-electron chi connectivity index (χ1n) is 12.8. The lowest BCUT2D eigenvalue weighted by atomic mass is 9.74. The number of aliphatic hydroxyl groups is 1. The molecule has 3 aliphatic heterocycles. The molecule has 1 N–H and O–H groups in total. The number of hydrogen-bond donors (Lipinski definition) is 1. The highest BCUT2D eigenvalue weighted by molar-refractivity contribution is 5.95. The van der Waals surface area contributed by atoms with E-state index >= 15 is 0 Å². The maximum atomic E-state index is 13.5. The Morgan fingerprint density at radius 2 is 1.75 bits per heavy atom. The van der Waals surface area contributed by atoms with Gasteiger partial charge in [-0.25, -0.2) is 0 Å². The van der Waals surface area contributed by atoms with E-state index in [1.54, 1.807) is 6.07 Å². The van der Waals surface area contributed by atoms with Crippen molar-refractivity contribution in [1.29, 1.82) is 0 Å². The topological polar surface area (TPSA) is 62.2 Å². The van der Waals surface area contributed by atoms with E-state index in [9.17, 15) is 9.90 Å². The summed E-state index contributed by atoms with van der Waals surface area (Å²) in [6.45, 7) is 4.77. The molecular formula is C30H32N2O4. The Kier molecular flexibility index (Phi) is 6.15. The summed E-state index contributed by atoms with van der Waals surface area (Å²) in [6, 6.07) is 23.0. The Labute approximate surface area is 212 Å². The Hall–Kier alpha value is -3.35. The molecule has 0 unspecified atom stereocenters. The normalized spacial score (nSPS) is 23.4. The highest BCUT2D eigenvalue weighted by Gasteiger charge is 2.49. The maximum Gasteiger partial charge on any atom is 0.254 e. The predicted molar refractivity (Wildman–Crippen MR) is 138 cm³/mol. The molecule has 1 amide bonds. The molecule has 0 radical (unpaired) electrons. The van der Waals surface area contributed by atoms with Gasteiger partial charge in [-0.3, -0.25) is 9.69 Å². The fraction of sp³-hybridized carbons (Fsp3) is 0.367. The minimum atomic E-state index is 0.0242. The van der Waals surface area contributed by atoms with E-state index in [-0.39, 0.29) is 37.3 Å². The van der Waals surface area contributed by atoms with Gasteiger partial charge in [0.1, 0.15) is 0 Å². The van der Waals surface area contributed by atoms with E-state index in [0.29, 0.717) is 23.6 Å². The van der Waals surface area contributed by atoms with Crippen molar-refractivity contribution in [3.8, 4) is 22.6 Å². The molecular weight excluding hydrogens is 452 g/mol. The molecule has 0 saturated carbocycles. The fourth-order valence-electron chi connectivity index (χ4n) is 6.06. The van der Waals surface area contributed by atoms with Gasteiger partial charge in [-0.15, -0.1) is 0 Å². The summed E-state index contributed by atoms with van der Waals surface area (Å²) in [5.41, 5.74) is 5.50. The standard InChI is InChI=1S/C30H32N2O4/c1-20-5-4-6-23(15-20)21-7-9-22(10-8-21)29-25-17-31(13-2-3-14-32(25)26(29)18-33)30(34)24-11-12-27-28(16-24)36-19-35-27/h4-12,15-16,25-26,29,33H,2-3,13-14,17-19H2,1H3/t25-,26-,29+/m0/s1. The van der Waals surface area contributed by atoms with Crippen molar-refractivity contribution in [2.75, 3.05) is 33.0 Å². The lowest BCUT2D eigenvalue weighted by molar-refractivity contribution is -0.0606. The average molecular weight is 485 g/mol. The van der Waals surface area contributed by atoms with E-state index in [0.717, 1.165) is 25.9 Å². The van der Waals surface area contributed by atoms with Crippen LogP contribution in [0.4, 0.5) is 0 Å². The predicted octanol–water partition coefficient (Wildman–Crippen LogP) is 4.46. The summed E-state index contributed by atoms with van der Waals surface area (Å²) in [5, 5.41) is 10.3. The first kappa shape index (κ1) is 23.1. The number of aliphatic hydroxyl groups excluding tert-OH is 1. The fourth-order valence-corrected chi connectivity index (χ4v) is 6.06. The number of benzene rings is 3. The van der Waals surface area contributed by atoms with Crippen molar-refractivity contribution in [3.05, 3.63) is 83.4 Å². The molecule has 186 valence electrons. The largest absolute Gasteiger partial charge is 0.454 e. The van der Waals surface area contributed by atoms with Gasteiger partial charge in [0.15, 0.2) is 11.5 Å². The first-order valence-corrected chi connectivity index (χ1v) is 12.8. The van der Waals surface area contributed by atoms with Crippen molar-refractivity contribution < 1.29 is 19.4 Å². The maximum absolute atomic E-state index is 13.5. The zero-order chi connectivity index (χ0) is 24.6. The summed E-state index contributed by atoms with van der Waals surface area (Å²) in [5.74, 6) is 1.53. The molecule has 3 aromatic rings. The van der Waals surface area contributed by atoms with Crippen LogP contribution >= 0.6 is 0 Å². The van der Waals surface area contributed by atoms with Gasteiger partial charge < -0.3 is 19.5 Å². The minimum Gasteiger partial charge on any atom is -0.454 e. The third kappa shape index (κ3) is 4.14. The molecule has 3 aromatic carbocycles. The van der Waals surface area contributed by atoms with Crippen LogP contribution in [-0.4, -0.2) is 65.9 Å². The summed E-state index contributed by atoms with van der Waals surface area (Å²) in [4.78, 5) is 17.9. The van der Waals surface area contributed by atoms with Crippen molar-refractivity contribution in [2.45, 2.75) is 37.8 Å². The third-order valence-electron chi connectivity index (χ3n) is 7.92. The van der Waals surface area contributed by atoms with Gasteiger partial charge in [-0.1, -0.05) is 54.1 Å². The third-order valence-corrected chi connectivity index (χ3v) is 7.92. The van der Waals surface area contributed by atoms with Gasteiger partial charge in [0.2, 0.25) is 6.79 Å². The summed E-state index contributed by atoms with van der Waals surface area (Å²) >= 11 is 0. The van der Waals surface area contributed by atoms with Crippen LogP contribution < -0.4 is 9.47 Å². The van der Waals surface area contributed by atoms with Crippen LogP contribution in [0.5, 0.6) is 11.5 Å². The molecule has 3 aliphatic rings. The van der Waals surface area contributed by atoms with Gasteiger partial charge in [0, 0.05) is 36.7 Å². The van der Waals surface area contributed by atoms with Gasteiger partial charge in [0.05, 0.1) is 6.61 Å². The second kappa shape index (κ2) is 9.60. The van der Waals surface area contributed by atoms with Crippen LogP contribution in [0.3, 0.4) is 0 Å². The van der Waals surface area contributed by atoms with Crippen LogP contribution in [0.15, 0.2) is 66.7 Å². The monoisotopic (exact) mass is 484 g/mol. The van der Waals surface area contributed by atoms with Crippen molar-refractivity contribution in [3.63, 3.8) is 0 Å². The molecule has 6 rings (SSSR count). The van der Waals surface area contributed by atoms with Crippen LogP contribution in [0.25, 0.3) is 11.1 Å². The molecule has 0 bridgehead atoms. The van der Waals surface area contributed by atoms with Crippen molar-refractivity contribution in [1.82, 2.24) is 9.80 Å². The second-order valence-corrected chi connectivity index (χ2v) is 10.1. The molecule has 0 aromatic heterocycles. The Morgan fingerprint density at radius 1 is 0.944 bits per heavy atom. The van der Waals surface area contributed by atoms with E-state index in [1.165, 1.54) is 22.3 Å². The zero-order valence-electron chi connectivity index (χ0n) is 20.6. The van der Waals surface area contributed by atoms with Gasteiger partial charge >= 0.3 is 0 Å². The molecule has 2 saturated heterocycles. The molecule has 0 spiro atoms. The van der Waals surface area contributed by atoms with Gasteiger partial charge in [0.25, 0.3) is 5.91 Å². The van der Waals surface area contributed by atoms with Crippen LogP contribution in [0.2, 0.25) is 0 Å². The Bertz CT molecular complexity index is 1260. The number of ether oxygens (including phenoxy) is 2. The highest BCUT2D eigenvalue weighted by atomic mass is 16.7. The number of hydrogen-bond acceptors (Lipinski definition) is 5. The molecule has 2 fully saturated rings. The first-order chi connectivity index (χ1) is 17.6. The summed E-state index contributed by atoms with van der Waals surface area (Å²) < 4.78 is 10.9. The molecule has 36 heavy (non-hydrogen) atoms. The van der Waals surface area contributed by atoms with Crippen LogP contribution in [0.1, 0.15) is 40.2 Å². The second-order valence-electron chi connectivity index (χ2n) is 10.1. The number of amides is 1. The van der Waals surface area contributed by atoms with E-state index in [1.807, 2.05) is 17.0 Å². The smallest absolute Gasteiger partial charge is 0.254 e. The Morgan fingerprint density at radius 3 is 2.56 bits per heavy atom. The molecule has 3 heterocycles. The van der Waals surface area contributed by atoms with Crippen LogP contribution in [-0.2, 0) is 0 Å². The zero-order valence-corrected chi connectivity index (χ0v) is 20.6. The quantitative estimate of drug-likeness (QED) is 0.593. The molecule has 6 heteroatoms. The van der Waals surface area contributed by atoms with E-state index in [2.05, 4.69) is 60.4 Å². The highest BCUT2D eigenvalue weighted by Crippen LogP contribution is 2.42. The summed E-state index contributed by atoms with van der Waals surface area (Å²) in [7, 11) is 0. The van der Waals surface area contributed by atoms with E-state index in [4.69, 9.17) is 9.47 Å². The van der Waals surface area contributed by atoms with Crippen molar-refractivity contribution in [2.24, 2.45) is 0 Å². The van der Waals surface area contributed by atoms with Gasteiger partial charge in [-0.05, 0) is 61.2 Å². The Balaban J connectivity index is 1.24.